The summed E-state index contributed by atoms with van der Waals surface area (Å²) in [6.45, 7) is 0.305. The van der Waals surface area contributed by atoms with Crippen LogP contribution in [0.3, 0.4) is 0 Å². The highest BCUT2D eigenvalue weighted by Crippen LogP contribution is 2.17. The number of rotatable bonds is 7. The maximum Gasteiger partial charge on any atom is 0.257 e. The van der Waals surface area contributed by atoms with Gasteiger partial charge in [0.1, 0.15) is 22.9 Å². The number of alkyl halides is 1. The first-order valence-electron chi connectivity index (χ1n) is 7.20. The Morgan fingerprint density at radius 3 is 2.38 bits per heavy atom. The topological polar surface area (TPSA) is 38.3 Å². The summed E-state index contributed by atoms with van der Waals surface area (Å²) < 4.78 is 33.7. The molecule has 0 bridgehead atoms. The molecule has 2 aromatic carbocycles. The fourth-order valence-corrected chi connectivity index (χ4v) is 2.51. The van der Waals surface area contributed by atoms with E-state index in [-0.39, 0.29) is 5.88 Å². The first kappa shape index (κ1) is 18.7. The molecule has 0 aliphatic carbocycles. The molecule has 7 heteroatoms. The molecule has 0 saturated heterocycles. The molecule has 0 fully saturated rings. The van der Waals surface area contributed by atoms with Crippen LogP contribution in [0.1, 0.15) is 16.8 Å². The summed E-state index contributed by atoms with van der Waals surface area (Å²) in [5.41, 5.74) is -0.610. The third-order valence-corrected chi connectivity index (χ3v) is 4.16. The second-order valence-corrected chi connectivity index (χ2v) is 6.24. The lowest BCUT2D eigenvalue weighted by Gasteiger charge is -2.17. The number of nitrogens with one attached hydrogen (secondary N) is 1. The lowest BCUT2D eigenvalue weighted by atomic mass is 10.1. The van der Waals surface area contributed by atoms with Crippen molar-refractivity contribution in [3.63, 3.8) is 0 Å². The second kappa shape index (κ2) is 8.99. The van der Waals surface area contributed by atoms with Gasteiger partial charge in [0.05, 0.1) is 6.61 Å². The molecule has 0 saturated carbocycles. The van der Waals surface area contributed by atoms with Crippen LogP contribution in [0.2, 0.25) is 0 Å². The van der Waals surface area contributed by atoms with Crippen molar-refractivity contribution in [3.8, 4) is 5.75 Å². The molecule has 0 spiro atoms. The van der Waals surface area contributed by atoms with Gasteiger partial charge in [0.25, 0.3) is 5.91 Å². The summed E-state index contributed by atoms with van der Waals surface area (Å²) >= 11 is 9.14. The molecule has 1 amide bonds. The molecule has 0 heterocycles. The second-order valence-electron chi connectivity index (χ2n) is 5.01. The number of amides is 1. The largest absolute Gasteiger partial charge is 0.494 e. The van der Waals surface area contributed by atoms with Gasteiger partial charge in [-0.3, -0.25) is 4.79 Å². The number of hydrogen-bond acceptors (Lipinski definition) is 2. The summed E-state index contributed by atoms with van der Waals surface area (Å²) in [7, 11) is 0. The van der Waals surface area contributed by atoms with Gasteiger partial charge >= 0.3 is 0 Å². The van der Waals surface area contributed by atoms with Crippen LogP contribution in [0.5, 0.6) is 5.75 Å². The van der Waals surface area contributed by atoms with Crippen LogP contribution in [0.4, 0.5) is 8.78 Å². The van der Waals surface area contributed by atoms with Crippen LogP contribution in [0.15, 0.2) is 46.9 Å². The van der Waals surface area contributed by atoms with Crippen molar-refractivity contribution in [2.24, 2.45) is 0 Å². The zero-order valence-electron chi connectivity index (χ0n) is 12.6. The Kier molecular flexibility index (Phi) is 6.99. The molecule has 2 aromatic rings. The molecule has 1 N–H and O–H groups in total. The zero-order chi connectivity index (χ0) is 17.5. The summed E-state index contributed by atoms with van der Waals surface area (Å²) in [6.07, 6.45) is 0.404. The van der Waals surface area contributed by atoms with Gasteiger partial charge in [-0.25, -0.2) is 8.78 Å². The average molecular weight is 419 g/mol. The quantitative estimate of drug-likeness (QED) is 0.671. The molecule has 0 aromatic heterocycles. The number of ether oxygens (including phenoxy) is 1. The molecule has 1 unspecified atom stereocenters. The van der Waals surface area contributed by atoms with E-state index >= 15 is 0 Å². The maximum absolute atomic E-state index is 13.6. The summed E-state index contributed by atoms with van der Waals surface area (Å²) in [5.74, 6) is -1.87. The predicted molar refractivity (Wildman–Crippen MR) is 92.6 cm³/mol. The highest BCUT2D eigenvalue weighted by atomic mass is 79.9. The third kappa shape index (κ3) is 5.18. The Morgan fingerprint density at radius 1 is 1.17 bits per heavy atom. The van der Waals surface area contributed by atoms with E-state index in [4.69, 9.17) is 16.3 Å². The van der Waals surface area contributed by atoms with Gasteiger partial charge < -0.3 is 10.1 Å². The van der Waals surface area contributed by atoms with Gasteiger partial charge in [0.2, 0.25) is 0 Å². The molecular formula is C17H15BrClF2NO2. The van der Waals surface area contributed by atoms with Gasteiger partial charge in [0.15, 0.2) is 0 Å². The van der Waals surface area contributed by atoms with Crippen molar-refractivity contribution < 1.29 is 18.3 Å². The van der Waals surface area contributed by atoms with E-state index in [9.17, 15) is 13.6 Å². The minimum atomic E-state index is -0.910. The Balaban J connectivity index is 1.89. The summed E-state index contributed by atoms with van der Waals surface area (Å²) in [6, 6.07) is 10.1. The number of carbonyl (C=O) groups excluding carboxylic acids is 1. The van der Waals surface area contributed by atoms with E-state index < -0.39 is 29.1 Å². The van der Waals surface area contributed by atoms with E-state index in [0.29, 0.717) is 18.8 Å². The number of benzene rings is 2. The summed E-state index contributed by atoms with van der Waals surface area (Å²) in [4.78, 5) is 12.0. The van der Waals surface area contributed by atoms with E-state index in [1.807, 2.05) is 12.1 Å². The van der Waals surface area contributed by atoms with E-state index in [0.717, 1.165) is 16.6 Å². The fraction of sp³-hybridized carbons (Fsp3) is 0.235. The maximum atomic E-state index is 13.6. The highest BCUT2D eigenvalue weighted by molar-refractivity contribution is 9.10. The van der Waals surface area contributed by atoms with Crippen molar-refractivity contribution >= 4 is 33.4 Å². The van der Waals surface area contributed by atoms with Crippen LogP contribution in [-0.2, 0) is 0 Å². The fourth-order valence-electron chi connectivity index (χ4n) is 2.01. The van der Waals surface area contributed by atoms with Gasteiger partial charge in [-0.15, -0.1) is 11.6 Å². The molecule has 24 heavy (non-hydrogen) atoms. The minimum absolute atomic E-state index is 0.103. The van der Waals surface area contributed by atoms with Crippen LogP contribution >= 0.6 is 27.5 Å². The minimum Gasteiger partial charge on any atom is -0.494 e. The van der Waals surface area contributed by atoms with E-state index in [2.05, 4.69) is 21.2 Å². The Morgan fingerprint density at radius 2 is 1.79 bits per heavy atom. The SMILES string of the molecule is O=C(NC(CCl)CCOc1ccc(Br)cc1)c1c(F)cccc1F. The van der Waals surface area contributed by atoms with E-state index in [1.54, 1.807) is 12.1 Å². The standard InChI is InChI=1S/C17H15BrClF2NO2/c18-11-4-6-13(7-5-11)24-9-8-12(10-19)22-17(23)16-14(20)2-1-3-15(16)21/h1-7,12H,8-10H2,(H,22,23). The van der Waals surface area contributed by atoms with Crippen LogP contribution in [0.25, 0.3) is 0 Å². The lowest BCUT2D eigenvalue weighted by Crippen LogP contribution is -2.38. The first-order chi connectivity index (χ1) is 11.5. The van der Waals surface area contributed by atoms with Gasteiger partial charge in [-0.05, 0) is 36.4 Å². The molecular weight excluding hydrogens is 404 g/mol. The molecule has 128 valence electrons. The average Bonchev–Trinajstić information content (AvgIpc) is 2.55. The van der Waals surface area contributed by atoms with Crippen LogP contribution in [-0.4, -0.2) is 24.4 Å². The van der Waals surface area contributed by atoms with Gasteiger partial charge in [0, 0.05) is 22.8 Å². The Hall–Kier alpha value is -1.66. The Labute approximate surface area is 152 Å². The third-order valence-electron chi connectivity index (χ3n) is 3.26. The van der Waals surface area contributed by atoms with E-state index in [1.165, 1.54) is 6.07 Å². The molecule has 0 radical (unpaired) electrons. The number of hydrogen-bond donors (Lipinski definition) is 1. The normalized spacial score (nSPS) is 11.8. The number of carbonyl (C=O) groups is 1. The van der Waals surface area contributed by atoms with Gasteiger partial charge in [-0.1, -0.05) is 22.0 Å². The first-order valence-corrected chi connectivity index (χ1v) is 8.53. The number of halogens is 4. The van der Waals surface area contributed by atoms with Crippen LogP contribution in [0, 0.1) is 11.6 Å². The lowest BCUT2D eigenvalue weighted by molar-refractivity contribution is 0.0927. The van der Waals surface area contributed by atoms with Crippen molar-refractivity contribution in [1.29, 1.82) is 0 Å². The van der Waals surface area contributed by atoms with Gasteiger partial charge in [-0.2, -0.15) is 0 Å². The molecule has 3 nitrogen and oxygen atoms in total. The summed E-state index contributed by atoms with van der Waals surface area (Å²) in [5, 5.41) is 2.52. The van der Waals surface area contributed by atoms with Crippen LogP contribution < -0.4 is 10.1 Å². The molecule has 2 rings (SSSR count). The Bertz CT molecular complexity index is 677. The smallest absolute Gasteiger partial charge is 0.257 e. The van der Waals surface area contributed by atoms with Crippen molar-refractivity contribution in [3.05, 3.63) is 64.1 Å². The highest BCUT2D eigenvalue weighted by Gasteiger charge is 2.20. The molecule has 0 aliphatic heterocycles. The van der Waals surface area contributed by atoms with Crippen molar-refractivity contribution in [2.75, 3.05) is 12.5 Å². The zero-order valence-corrected chi connectivity index (χ0v) is 14.9. The van der Waals surface area contributed by atoms with Crippen molar-refractivity contribution in [1.82, 2.24) is 5.32 Å². The molecule has 0 aliphatic rings. The molecule has 1 atom stereocenters. The van der Waals surface area contributed by atoms with Crippen molar-refractivity contribution in [2.45, 2.75) is 12.5 Å². The predicted octanol–water partition coefficient (Wildman–Crippen LogP) is 4.53. The monoisotopic (exact) mass is 417 g/mol.